The van der Waals surface area contributed by atoms with E-state index in [0.717, 1.165) is 12.8 Å². The molecule has 90 valence electrons. The van der Waals surface area contributed by atoms with Crippen LogP contribution in [0.3, 0.4) is 0 Å². The molecule has 0 amide bonds. The molecule has 0 aliphatic heterocycles. The molecular formula is C11H14BrClFNO. The zero-order valence-corrected chi connectivity index (χ0v) is 11.0. The Morgan fingerprint density at radius 2 is 2.00 bits per heavy atom. The van der Waals surface area contributed by atoms with Gasteiger partial charge in [0.25, 0.3) is 0 Å². The van der Waals surface area contributed by atoms with Gasteiger partial charge in [-0.05, 0) is 42.5 Å². The van der Waals surface area contributed by atoms with E-state index in [1.165, 1.54) is 12.1 Å². The van der Waals surface area contributed by atoms with Gasteiger partial charge in [-0.1, -0.05) is 15.9 Å². The van der Waals surface area contributed by atoms with Gasteiger partial charge in [-0.25, -0.2) is 4.39 Å². The topological polar surface area (TPSA) is 46.2 Å². The van der Waals surface area contributed by atoms with Crippen LogP contribution in [0, 0.1) is 11.7 Å². The van der Waals surface area contributed by atoms with Crippen molar-refractivity contribution in [3.8, 4) is 0 Å². The van der Waals surface area contributed by atoms with E-state index in [1.54, 1.807) is 6.07 Å². The second kappa shape index (κ2) is 5.45. The molecule has 16 heavy (non-hydrogen) atoms. The van der Waals surface area contributed by atoms with E-state index in [1.807, 2.05) is 0 Å². The van der Waals surface area contributed by atoms with Crippen LogP contribution in [0.15, 0.2) is 22.7 Å². The van der Waals surface area contributed by atoms with Crippen molar-refractivity contribution in [1.29, 1.82) is 0 Å². The molecule has 5 heteroatoms. The Bertz CT molecular complexity index is 353. The van der Waals surface area contributed by atoms with Crippen molar-refractivity contribution in [3.63, 3.8) is 0 Å². The SMILES string of the molecule is Cl.N[C@@H](c1cc(F)cc(Br)c1)[C@H](O)C1CC1. The summed E-state index contributed by atoms with van der Waals surface area (Å²) in [5, 5.41) is 9.83. The fourth-order valence-corrected chi connectivity index (χ4v) is 2.18. The molecule has 0 saturated heterocycles. The van der Waals surface area contributed by atoms with Crippen molar-refractivity contribution in [3.05, 3.63) is 34.1 Å². The second-order valence-corrected chi connectivity index (χ2v) is 4.97. The molecule has 3 N–H and O–H groups in total. The Balaban J connectivity index is 0.00000128. The number of aliphatic hydroxyl groups excluding tert-OH is 1. The molecule has 1 aromatic rings. The second-order valence-electron chi connectivity index (χ2n) is 4.06. The van der Waals surface area contributed by atoms with Gasteiger partial charge >= 0.3 is 0 Å². The monoisotopic (exact) mass is 309 g/mol. The number of hydrogen-bond donors (Lipinski definition) is 2. The molecular weight excluding hydrogens is 296 g/mol. The minimum Gasteiger partial charge on any atom is -0.391 e. The number of halogens is 3. The molecule has 1 saturated carbocycles. The standard InChI is InChI=1S/C11H13BrFNO.ClH/c12-8-3-7(4-9(13)5-8)10(14)11(15)6-1-2-6;/h3-6,10-11,15H,1-2,14H2;1H/t10-,11+;/m0./s1. The third-order valence-corrected chi connectivity index (χ3v) is 3.20. The van der Waals surface area contributed by atoms with Crippen LogP contribution in [-0.2, 0) is 0 Å². The summed E-state index contributed by atoms with van der Waals surface area (Å²) in [6.45, 7) is 0. The number of hydrogen-bond acceptors (Lipinski definition) is 2. The van der Waals surface area contributed by atoms with E-state index in [-0.39, 0.29) is 18.2 Å². The third kappa shape index (κ3) is 3.17. The Kier molecular flexibility index (Phi) is 4.73. The summed E-state index contributed by atoms with van der Waals surface area (Å²) in [4.78, 5) is 0. The van der Waals surface area contributed by atoms with Gasteiger partial charge in [-0.2, -0.15) is 0 Å². The van der Waals surface area contributed by atoms with E-state index < -0.39 is 12.1 Å². The van der Waals surface area contributed by atoms with E-state index in [4.69, 9.17) is 5.73 Å². The van der Waals surface area contributed by atoms with Crippen molar-refractivity contribution in [2.75, 3.05) is 0 Å². The molecule has 1 aliphatic rings. The first-order valence-corrected chi connectivity index (χ1v) is 5.77. The summed E-state index contributed by atoms with van der Waals surface area (Å²) < 4.78 is 13.8. The van der Waals surface area contributed by atoms with Gasteiger partial charge in [0, 0.05) is 4.47 Å². The molecule has 0 spiro atoms. The molecule has 1 aromatic carbocycles. The number of rotatable bonds is 3. The Labute approximate surface area is 109 Å². The Morgan fingerprint density at radius 3 is 2.50 bits per heavy atom. The summed E-state index contributed by atoms with van der Waals surface area (Å²) in [6, 6.07) is 4.00. The third-order valence-electron chi connectivity index (χ3n) is 2.74. The fraction of sp³-hybridized carbons (Fsp3) is 0.455. The minimum atomic E-state index is -0.557. The molecule has 2 rings (SSSR count). The average molecular weight is 311 g/mol. The number of benzene rings is 1. The lowest BCUT2D eigenvalue weighted by Gasteiger charge is -2.19. The molecule has 0 unspecified atom stereocenters. The predicted molar refractivity (Wildman–Crippen MR) is 67.0 cm³/mol. The molecule has 0 aromatic heterocycles. The van der Waals surface area contributed by atoms with Crippen LogP contribution in [0.5, 0.6) is 0 Å². The highest BCUT2D eigenvalue weighted by Gasteiger charge is 2.34. The molecule has 0 radical (unpaired) electrons. The van der Waals surface area contributed by atoms with Gasteiger partial charge in [-0.3, -0.25) is 0 Å². The fourth-order valence-electron chi connectivity index (χ4n) is 1.70. The first-order chi connectivity index (χ1) is 7.08. The van der Waals surface area contributed by atoms with E-state index >= 15 is 0 Å². The zero-order chi connectivity index (χ0) is 11.0. The molecule has 2 nitrogen and oxygen atoms in total. The summed E-state index contributed by atoms with van der Waals surface area (Å²) in [7, 11) is 0. The Hall–Kier alpha value is -0.160. The predicted octanol–water partition coefficient (Wildman–Crippen LogP) is 2.78. The van der Waals surface area contributed by atoms with Crippen LogP contribution in [0.1, 0.15) is 24.4 Å². The van der Waals surface area contributed by atoms with Crippen LogP contribution in [0.25, 0.3) is 0 Å². The average Bonchev–Trinajstić information content (AvgIpc) is 2.97. The largest absolute Gasteiger partial charge is 0.391 e. The van der Waals surface area contributed by atoms with Gasteiger partial charge in [0.05, 0.1) is 12.1 Å². The van der Waals surface area contributed by atoms with Crippen LogP contribution >= 0.6 is 28.3 Å². The normalized spacial score (nSPS) is 18.8. The lowest BCUT2D eigenvalue weighted by Crippen LogP contribution is -2.27. The van der Waals surface area contributed by atoms with E-state index in [0.29, 0.717) is 16.0 Å². The first kappa shape index (κ1) is 13.9. The van der Waals surface area contributed by atoms with Gasteiger partial charge < -0.3 is 10.8 Å². The van der Waals surface area contributed by atoms with Gasteiger partial charge in [-0.15, -0.1) is 12.4 Å². The smallest absolute Gasteiger partial charge is 0.124 e. The molecule has 0 bridgehead atoms. The van der Waals surface area contributed by atoms with Crippen molar-refractivity contribution in [2.45, 2.75) is 25.0 Å². The summed E-state index contributed by atoms with van der Waals surface area (Å²) >= 11 is 3.21. The van der Waals surface area contributed by atoms with Crippen LogP contribution in [-0.4, -0.2) is 11.2 Å². The highest BCUT2D eigenvalue weighted by Crippen LogP contribution is 2.37. The zero-order valence-electron chi connectivity index (χ0n) is 8.57. The van der Waals surface area contributed by atoms with Gasteiger partial charge in [0.15, 0.2) is 0 Å². The van der Waals surface area contributed by atoms with Gasteiger partial charge in [0.2, 0.25) is 0 Å². The van der Waals surface area contributed by atoms with Crippen molar-refractivity contribution in [2.24, 2.45) is 11.7 Å². The summed E-state index contributed by atoms with van der Waals surface area (Å²) in [5.74, 6) is -0.0418. The molecule has 0 heterocycles. The lowest BCUT2D eigenvalue weighted by molar-refractivity contribution is 0.122. The highest BCUT2D eigenvalue weighted by atomic mass is 79.9. The summed E-state index contributed by atoms with van der Waals surface area (Å²) in [6.07, 6.45) is 1.48. The first-order valence-electron chi connectivity index (χ1n) is 4.97. The van der Waals surface area contributed by atoms with Crippen LogP contribution in [0.2, 0.25) is 0 Å². The molecule has 1 fully saturated rings. The lowest BCUT2D eigenvalue weighted by atomic mass is 9.99. The van der Waals surface area contributed by atoms with Crippen molar-refractivity contribution in [1.82, 2.24) is 0 Å². The van der Waals surface area contributed by atoms with Crippen molar-refractivity contribution < 1.29 is 9.50 Å². The highest BCUT2D eigenvalue weighted by molar-refractivity contribution is 9.10. The minimum absolute atomic E-state index is 0. The quantitative estimate of drug-likeness (QED) is 0.902. The maximum Gasteiger partial charge on any atom is 0.124 e. The summed E-state index contributed by atoms with van der Waals surface area (Å²) in [5.41, 5.74) is 6.52. The molecule has 1 aliphatic carbocycles. The maximum absolute atomic E-state index is 13.1. The van der Waals surface area contributed by atoms with Gasteiger partial charge in [0.1, 0.15) is 5.82 Å². The van der Waals surface area contributed by atoms with Crippen LogP contribution < -0.4 is 5.73 Å². The van der Waals surface area contributed by atoms with E-state index in [2.05, 4.69) is 15.9 Å². The Morgan fingerprint density at radius 1 is 1.38 bits per heavy atom. The number of aliphatic hydroxyl groups is 1. The maximum atomic E-state index is 13.1. The van der Waals surface area contributed by atoms with E-state index in [9.17, 15) is 9.50 Å². The van der Waals surface area contributed by atoms with Crippen LogP contribution in [0.4, 0.5) is 4.39 Å². The number of nitrogens with two attached hydrogens (primary N) is 1. The van der Waals surface area contributed by atoms with Crippen molar-refractivity contribution >= 4 is 28.3 Å². The molecule has 2 atom stereocenters.